The Bertz CT molecular complexity index is 978. The summed E-state index contributed by atoms with van der Waals surface area (Å²) in [5.41, 5.74) is 6.85. The summed E-state index contributed by atoms with van der Waals surface area (Å²) in [6.45, 7) is 3.05. The minimum absolute atomic E-state index is 0.277. The van der Waals surface area contributed by atoms with Gasteiger partial charge in [0.15, 0.2) is 0 Å². The van der Waals surface area contributed by atoms with E-state index in [1.807, 2.05) is 6.07 Å². The van der Waals surface area contributed by atoms with Crippen molar-refractivity contribution in [1.82, 2.24) is 10.3 Å². The minimum Gasteiger partial charge on any atom is -0.366 e. The SMILES string of the molecule is CC1CCC(Nc2ncc(C(N)=O)c3sc(-c4ccc(F)cc4)cc23)CN1. The molecule has 2 atom stereocenters. The van der Waals surface area contributed by atoms with E-state index in [1.165, 1.54) is 29.7 Å². The Morgan fingerprint density at radius 3 is 2.78 bits per heavy atom. The maximum absolute atomic E-state index is 13.2. The molecule has 7 heteroatoms. The first-order valence-corrected chi connectivity index (χ1v) is 9.81. The number of piperidine rings is 1. The molecule has 2 aromatic heterocycles. The topological polar surface area (TPSA) is 80.0 Å². The van der Waals surface area contributed by atoms with E-state index >= 15 is 0 Å². The number of carbonyl (C=O) groups excluding carboxylic acids is 1. The Kier molecular flexibility index (Phi) is 4.80. The summed E-state index contributed by atoms with van der Waals surface area (Å²) in [5, 5.41) is 7.84. The molecule has 1 amide bonds. The van der Waals surface area contributed by atoms with Crippen LogP contribution in [0.15, 0.2) is 36.5 Å². The smallest absolute Gasteiger partial charge is 0.251 e. The van der Waals surface area contributed by atoms with Gasteiger partial charge < -0.3 is 16.4 Å². The average molecular weight is 384 g/mol. The summed E-state index contributed by atoms with van der Waals surface area (Å²) in [6, 6.07) is 9.13. The van der Waals surface area contributed by atoms with Crippen molar-refractivity contribution in [2.45, 2.75) is 31.8 Å². The lowest BCUT2D eigenvalue weighted by molar-refractivity contribution is 0.100. The molecule has 4 rings (SSSR count). The van der Waals surface area contributed by atoms with Gasteiger partial charge in [-0.2, -0.15) is 0 Å². The molecule has 0 radical (unpaired) electrons. The van der Waals surface area contributed by atoms with E-state index in [2.05, 4.69) is 22.5 Å². The van der Waals surface area contributed by atoms with Gasteiger partial charge >= 0.3 is 0 Å². The number of thiophene rings is 1. The highest BCUT2D eigenvalue weighted by Gasteiger charge is 2.21. The zero-order chi connectivity index (χ0) is 19.0. The Morgan fingerprint density at radius 1 is 1.33 bits per heavy atom. The first-order valence-electron chi connectivity index (χ1n) is 8.99. The first-order chi connectivity index (χ1) is 13.0. The molecule has 3 heterocycles. The summed E-state index contributed by atoms with van der Waals surface area (Å²) >= 11 is 1.47. The number of primary amides is 1. The van der Waals surface area contributed by atoms with Crippen LogP contribution in [0.4, 0.5) is 10.2 Å². The van der Waals surface area contributed by atoms with Crippen LogP contribution in [0.1, 0.15) is 30.1 Å². The maximum atomic E-state index is 13.2. The van der Waals surface area contributed by atoms with Crippen molar-refractivity contribution in [2.75, 3.05) is 11.9 Å². The highest BCUT2D eigenvalue weighted by Crippen LogP contribution is 2.38. The molecule has 1 aliphatic heterocycles. The third-order valence-corrected chi connectivity index (χ3v) is 6.17. The lowest BCUT2D eigenvalue weighted by atomic mass is 10.0. The minimum atomic E-state index is -0.500. The maximum Gasteiger partial charge on any atom is 0.251 e. The number of anilines is 1. The monoisotopic (exact) mass is 384 g/mol. The van der Waals surface area contributed by atoms with Crippen LogP contribution in [0.3, 0.4) is 0 Å². The number of rotatable bonds is 4. The van der Waals surface area contributed by atoms with Gasteiger partial charge in [0, 0.05) is 35.1 Å². The van der Waals surface area contributed by atoms with Gasteiger partial charge in [0.1, 0.15) is 11.6 Å². The fraction of sp³-hybridized carbons (Fsp3) is 0.300. The summed E-state index contributed by atoms with van der Waals surface area (Å²) in [4.78, 5) is 17.3. The second-order valence-electron chi connectivity index (χ2n) is 6.97. The van der Waals surface area contributed by atoms with Crippen LogP contribution in [-0.2, 0) is 0 Å². The second-order valence-corrected chi connectivity index (χ2v) is 8.03. The number of benzene rings is 1. The van der Waals surface area contributed by atoms with Crippen LogP contribution in [-0.4, -0.2) is 29.5 Å². The number of amides is 1. The molecule has 0 aliphatic carbocycles. The number of nitrogens with two attached hydrogens (primary N) is 1. The lowest BCUT2D eigenvalue weighted by Gasteiger charge is -2.28. The average Bonchev–Trinajstić information content (AvgIpc) is 3.09. The molecule has 4 N–H and O–H groups in total. The highest BCUT2D eigenvalue weighted by atomic mass is 32.1. The van der Waals surface area contributed by atoms with Crippen LogP contribution in [0.2, 0.25) is 0 Å². The van der Waals surface area contributed by atoms with Crippen LogP contribution in [0.25, 0.3) is 20.5 Å². The zero-order valence-corrected chi connectivity index (χ0v) is 15.8. The van der Waals surface area contributed by atoms with E-state index in [-0.39, 0.29) is 11.9 Å². The van der Waals surface area contributed by atoms with Gasteiger partial charge in [0.05, 0.1) is 10.3 Å². The number of nitrogens with zero attached hydrogens (tertiary/aromatic N) is 1. The largest absolute Gasteiger partial charge is 0.366 e. The number of aromatic nitrogens is 1. The molecule has 1 aliphatic rings. The van der Waals surface area contributed by atoms with Gasteiger partial charge in [-0.15, -0.1) is 11.3 Å². The van der Waals surface area contributed by atoms with E-state index < -0.39 is 5.91 Å². The van der Waals surface area contributed by atoms with Crippen molar-refractivity contribution in [3.05, 3.63) is 47.9 Å². The van der Waals surface area contributed by atoms with E-state index in [0.717, 1.165) is 45.7 Å². The van der Waals surface area contributed by atoms with Gasteiger partial charge in [0.2, 0.25) is 0 Å². The molecule has 1 saturated heterocycles. The molecule has 0 spiro atoms. The van der Waals surface area contributed by atoms with Gasteiger partial charge in [0.25, 0.3) is 5.91 Å². The Morgan fingerprint density at radius 2 is 2.11 bits per heavy atom. The highest BCUT2D eigenvalue weighted by molar-refractivity contribution is 7.22. The number of carbonyl (C=O) groups is 1. The van der Waals surface area contributed by atoms with Crippen LogP contribution in [0, 0.1) is 5.82 Å². The van der Waals surface area contributed by atoms with Crippen LogP contribution in [0.5, 0.6) is 0 Å². The van der Waals surface area contributed by atoms with Crippen molar-refractivity contribution in [3.63, 3.8) is 0 Å². The van der Waals surface area contributed by atoms with E-state index in [4.69, 9.17) is 5.73 Å². The van der Waals surface area contributed by atoms with E-state index in [1.54, 1.807) is 12.1 Å². The molecule has 0 bridgehead atoms. The predicted molar refractivity (Wildman–Crippen MR) is 108 cm³/mol. The number of hydrogen-bond acceptors (Lipinski definition) is 5. The van der Waals surface area contributed by atoms with Crippen molar-refractivity contribution < 1.29 is 9.18 Å². The van der Waals surface area contributed by atoms with E-state index in [0.29, 0.717) is 11.6 Å². The summed E-state index contributed by atoms with van der Waals surface area (Å²) < 4.78 is 14.0. The molecule has 1 aromatic carbocycles. The number of hydrogen-bond donors (Lipinski definition) is 3. The number of fused-ring (bicyclic) bond motifs is 1. The van der Waals surface area contributed by atoms with Crippen molar-refractivity contribution >= 4 is 33.1 Å². The van der Waals surface area contributed by atoms with Gasteiger partial charge in [-0.05, 0) is 43.5 Å². The fourth-order valence-electron chi connectivity index (χ4n) is 3.39. The second kappa shape index (κ2) is 7.25. The van der Waals surface area contributed by atoms with Crippen LogP contribution >= 0.6 is 11.3 Å². The van der Waals surface area contributed by atoms with Gasteiger partial charge in [-0.1, -0.05) is 12.1 Å². The standard InChI is InChI=1S/C20H21FN4OS/c1-11-2-7-14(9-23-11)25-20-15-8-17(12-3-5-13(21)6-4-12)27-18(15)16(10-24-20)19(22)26/h3-6,8,10-11,14,23H,2,7,9H2,1H3,(H2,22,26)(H,24,25). The zero-order valence-electron chi connectivity index (χ0n) is 15.0. The normalized spacial score (nSPS) is 19.9. The Balaban J connectivity index is 1.74. The molecule has 2 unspecified atom stereocenters. The fourth-order valence-corrected chi connectivity index (χ4v) is 4.57. The molecule has 5 nitrogen and oxygen atoms in total. The van der Waals surface area contributed by atoms with Gasteiger partial charge in [-0.3, -0.25) is 4.79 Å². The molecule has 0 saturated carbocycles. The van der Waals surface area contributed by atoms with E-state index in [9.17, 15) is 9.18 Å². The summed E-state index contributed by atoms with van der Waals surface area (Å²) in [5.74, 6) is -0.0265. The number of pyridine rings is 1. The summed E-state index contributed by atoms with van der Waals surface area (Å²) in [6.07, 6.45) is 3.70. The lowest BCUT2D eigenvalue weighted by Crippen LogP contribution is -2.43. The quantitative estimate of drug-likeness (QED) is 0.640. The first kappa shape index (κ1) is 17.9. The molecule has 140 valence electrons. The third kappa shape index (κ3) is 3.65. The number of nitrogens with one attached hydrogen (secondary N) is 2. The molecule has 27 heavy (non-hydrogen) atoms. The Hall–Kier alpha value is -2.51. The molecule has 3 aromatic rings. The summed E-state index contributed by atoms with van der Waals surface area (Å²) in [7, 11) is 0. The molecular weight excluding hydrogens is 363 g/mol. The Labute approximate surface area is 160 Å². The molecule has 1 fully saturated rings. The predicted octanol–water partition coefficient (Wildman–Crippen LogP) is 3.75. The van der Waals surface area contributed by atoms with Crippen LogP contribution < -0.4 is 16.4 Å². The van der Waals surface area contributed by atoms with Gasteiger partial charge in [-0.25, -0.2) is 9.37 Å². The number of halogens is 1. The van der Waals surface area contributed by atoms with Crippen molar-refractivity contribution in [2.24, 2.45) is 5.73 Å². The van der Waals surface area contributed by atoms with Crippen molar-refractivity contribution in [3.8, 4) is 10.4 Å². The third-order valence-electron chi connectivity index (χ3n) is 4.95. The molecular formula is C20H21FN4OS. The van der Waals surface area contributed by atoms with Crippen molar-refractivity contribution in [1.29, 1.82) is 0 Å².